The van der Waals surface area contributed by atoms with Crippen molar-refractivity contribution in [3.8, 4) is 0 Å². The maximum atomic E-state index is 12.3. The van der Waals surface area contributed by atoms with E-state index in [0.717, 1.165) is 28.2 Å². The highest BCUT2D eigenvalue weighted by Gasteiger charge is 2.26. The largest absolute Gasteiger partial charge is 0.368 e. The molecule has 1 aliphatic heterocycles. The van der Waals surface area contributed by atoms with E-state index in [2.05, 4.69) is 34.3 Å². The predicted molar refractivity (Wildman–Crippen MR) is 128 cm³/mol. The Morgan fingerprint density at radius 1 is 0.625 bits per heavy atom. The van der Waals surface area contributed by atoms with Crippen molar-refractivity contribution in [2.75, 3.05) is 4.90 Å². The SMILES string of the molecule is O=C1ON=C(c2ccccc2)/C1=C/c1ccc(N(c2ccccc2)c2ccccc2)cc1. The van der Waals surface area contributed by atoms with Gasteiger partial charge < -0.3 is 9.74 Å². The second kappa shape index (κ2) is 8.74. The van der Waals surface area contributed by atoms with E-state index in [1.165, 1.54) is 0 Å². The van der Waals surface area contributed by atoms with Crippen LogP contribution in [0.3, 0.4) is 0 Å². The van der Waals surface area contributed by atoms with Crippen molar-refractivity contribution >= 4 is 34.8 Å². The minimum atomic E-state index is -0.442. The van der Waals surface area contributed by atoms with Gasteiger partial charge >= 0.3 is 5.97 Å². The smallest absolute Gasteiger partial charge is 0.312 e. The second-order valence-electron chi connectivity index (χ2n) is 7.34. The molecule has 0 amide bonds. The highest BCUT2D eigenvalue weighted by Crippen LogP contribution is 2.34. The lowest BCUT2D eigenvalue weighted by atomic mass is 10.0. The highest BCUT2D eigenvalue weighted by molar-refractivity contribution is 6.31. The summed E-state index contributed by atoms with van der Waals surface area (Å²) >= 11 is 0. The van der Waals surface area contributed by atoms with Crippen molar-refractivity contribution in [3.05, 3.63) is 132 Å². The first-order chi connectivity index (χ1) is 15.8. The number of para-hydroxylation sites is 2. The van der Waals surface area contributed by atoms with E-state index < -0.39 is 5.97 Å². The van der Waals surface area contributed by atoms with Crippen molar-refractivity contribution in [1.82, 2.24) is 0 Å². The van der Waals surface area contributed by atoms with E-state index in [1.54, 1.807) is 0 Å². The molecular formula is C28H20N2O2. The Balaban J connectivity index is 1.49. The first kappa shape index (κ1) is 19.5. The number of hydrogen-bond donors (Lipinski definition) is 0. The molecule has 5 rings (SSSR count). The molecule has 4 heteroatoms. The molecule has 0 N–H and O–H groups in total. The lowest BCUT2D eigenvalue weighted by Crippen LogP contribution is -2.09. The summed E-state index contributed by atoms with van der Waals surface area (Å²) in [6.07, 6.45) is 1.82. The number of anilines is 3. The van der Waals surface area contributed by atoms with E-state index in [4.69, 9.17) is 4.84 Å². The fourth-order valence-corrected chi connectivity index (χ4v) is 3.70. The fourth-order valence-electron chi connectivity index (χ4n) is 3.70. The summed E-state index contributed by atoms with van der Waals surface area (Å²) in [6.45, 7) is 0. The summed E-state index contributed by atoms with van der Waals surface area (Å²) in [4.78, 5) is 19.4. The normalized spacial score (nSPS) is 14.2. The average molecular weight is 416 g/mol. The first-order valence-electron chi connectivity index (χ1n) is 10.4. The van der Waals surface area contributed by atoms with Gasteiger partial charge in [-0.1, -0.05) is 84.0 Å². The quantitative estimate of drug-likeness (QED) is 0.275. The molecule has 0 saturated heterocycles. The topological polar surface area (TPSA) is 41.9 Å². The minimum absolute atomic E-state index is 0.442. The second-order valence-corrected chi connectivity index (χ2v) is 7.34. The van der Waals surface area contributed by atoms with Gasteiger partial charge in [-0.3, -0.25) is 0 Å². The van der Waals surface area contributed by atoms with Gasteiger partial charge in [0, 0.05) is 22.6 Å². The summed E-state index contributed by atoms with van der Waals surface area (Å²) in [7, 11) is 0. The molecule has 0 atom stereocenters. The number of nitrogens with zero attached hydrogens (tertiary/aromatic N) is 2. The molecule has 0 saturated carbocycles. The molecule has 0 spiro atoms. The summed E-state index contributed by atoms with van der Waals surface area (Å²) in [5.41, 5.74) is 5.91. The number of oxime groups is 1. The molecule has 0 aromatic heterocycles. The van der Waals surface area contributed by atoms with Crippen molar-refractivity contribution in [2.45, 2.75) is 0 Å². The Morgan fingerprint density at radius 3 is 1.69 bits per heavy atom. The molecular weight excluding hydrogens is 396 g/mol. The Bertz CT molecular complexity index is 1240. The zero-order chi connectivity index (χ0) is 21.8. The van der Waals surface area contributed by atoms with Crippen molar-refractivity contribution in [2.24, 2.45) is 5.16 Å². The van der Waals surface area contributed by atoms with Gasteiger partial charge in [-0.05, 0) is 48.0 Å². The maximum Gasteiger partial charge on any atom is 0.368 e. The summed E-state index contributed by atoms with van der Waals surface area (Å²) in [6, 6.07) is 38.1. The van der Waals surface area contributed by atoms with Gasteiger partial charge in [-0.25, -0.2) is 4.79 Å². The average Bonchev–Trinajstić information content (AvgIpc) is 3.22. The standard InChI is InChI=1S/C28H20N2O2/c31-28-26(27(29-32-28)22-10-4-1-5-11-22)20-21-16-18-25(19-17-21)30(23-12-6-2-7-13-23)24-14-8-3-9-15-24/h1-20H/b26-20-. The Labute approximate surface area is 186 Å². The Kier molecular flexibility index (Phi) is 5.33. The molecule has 32 heavy (non-hydrogen) atoms. The van der Waals surface area contributed by atoms with Crippen LogP contribution in [0.15, 0.2) is 126 Å². The first-order valence-corrected chi connectivity index (χ1v) is 10.4. The van der Waals surface area contributed by atoms with Gasteiger partial charge in [0.1, 0.15) is 5.71 Å². The Morgan fingerprint density at radius 2 is 1.12 bits per heavy atom. The van der Waals surface area contributed by atoms with Crippen LogP contribution in [0.25, 0.3) is 6.08 Å². The van der Waals surface area contributed by atoms with Crippen LogP contribution in [0.4, 0.5) is 17.1 Å². The highest BCUT2D eigenvalue weighted by atomic mass is 16.7. The Hall–Kier alpha value is -4.44. The van der Waals surface area contributed by atoms with Crippen LogP contribution in [-0.2, 0) is 9.63 Å². The van der Waals surface area contributed by atoms with Gasteiger partial charge in [0.25, 0.3) is 0 Å². The van der Waals surface area contributed by atoms with E-state index in [0.29, 0.717) is 11.3 Å². The van der Waals surface area contributed by atoms with Crippen LogP contribution >= 0.6 is 0 Å². The molecule has 154 valence electrons. The van der Waals surface area contributed by atoms with Crippen molar-refractivity contribution in [3.63, 3.8) is 0 Å². The summed E-state index contributed by atoms with van der Waals surface area (Å²) in [5, 5.41) is 3.98. The molecule has 0 bridgehead atoms. The summed E-state index contributed by atoms with van der Waals surface area (Å²) < 4.78 is 0. The third kappa shape index (κ3) is 3.94. The third-order valence-electron chi connectivity index (χ3n) is 5.23. The lowest BCUT2D eigenvalue weighted by Gasteiger charge is -2.25. The number of hydrogen-bond acceptors (Lipinski definition) is 4. The van der Waals surface area contributed by atoms with Gasteiger partial charge in [0.15, 0.2) is 0 Å². The number of benzene rings is 4. The molecule has 0 fully saturated rings. The van der Waals surface area contributed by atoms with Crippen LogP contribution in [0.5, 0.6) is 0 Å². The van der Waals surface area contributed by atoms with E-state index in [9.17, 15) is 4.79 Å². The van der Waals surface area contributed by atoms with Crippen molar-refractivity contribution < 1.29 is 9.63 Å². The zero-order valence-electron chi connectivity index (χ0n) is 17.3. The lowest BCUT2D eigenvalue weighted by molar-refractivity contribution is -0.136. The van der Waals surface area contributed by atoms with Gasteiger partial charge in [0.05, 0.1) is 5.57 Å². The van der Waals surface area contributed by atoms with E-state index in [-0.39, 0.29) is 0 Å². The van der Waals surface area contributed by atoms with Crippen LogP contribution in [0.1, 0.15) is 11.1 Å². The molecule has 4 nitrogen and oxygen atoms in total. The number of rotatable bonds is 5. The number of carbonyl (C=O) groups is 1. The van der Waals surface area contributed by atoms with Crippen LogP contribution in [0.2, 0.25) is 0 Å². The summed E-state index contributed by atoms with van der Waals surface area (Å²) in [5.74, 6) is -0.442. The van der Waals surface area contributed by atoms with Gasteiger partial charge in [0.2, 0.25) is 0 Å². The molecule has 0 unspecified atom stereocenters. The third-order valence-corrected chi connectivity index (χ3v) is 5.23. The van der Waals surface area contributed by atoms with Crippen LogP contribution in [-0.4, -0.2) is 11.7 Å². The molecule has 4 aromatic rings. The molecule has 0 radical (unpaired) electrons. The van der Waals surface area contributed by atoms with Crippen LogP contribution < -0.4 is 4.90 Å². The van der Waals surface area contributed by atoms with Gasteiger partial charge in [-0.2, -0.15) is 0 Å². The van der Waals surface area contributed by atoms with Crippen molar-refractivity contribution in [1.29, 1.82) is 0 Å². The van der Waals surface area contributed by atoms with Gasteiger partial charge in [-0.15, -0.1) is 0 Å². The fraction of sp³-hybridized carbons (Fsp3) is 0. The monoisotopic (exact) mass is 416 g/mol. The van der Waals surface area contributed by atoms with E-state index in [1.807, 2.05) is 97.1 Å². The zero-order valence-corrected chi connectivity index (χ0v) is 17.3. The molecule has 1 heterocycles. The maximum absolute atomic E-state index is 12.3. The van der Waals surface area contributed by atoms with E-state index >= 15 is 0 Å². The molecule has 4 aromatic carbocycles. The molecule has 1 aliphatic rings. The minimum Gasteiger partial charge on any atom is -0.312 e. The number of carbonyl (C=O) groups excluding carboxylic acids is 1. The van der Waals surface area contributed by atoms with Crippen LogP contribution in [0, 0.1) is 0 Å². The molecule has 0 aliphatic carbocycles. The predicted octanol–water partition coefficient (Wildman–Crippen LogP) is 6.50.